The Bertz CT molecular complexity index is 549. The summed E-state index contributed by atoms with van der Waals surface area (Å²) in [7, 11) is 3.36. The van der Waals surface area contributed by atoms with Crippen molar-refractivity contribution in [2.45, 2.75) is 13.5 Å². The molecule has 106 valence electrons. The molecule has 2 aromatic carbocycles. The molecule has 0 saturated carbocycles. The largest absolute Gasteiger partial charge is 0.497 e. The molecule has 3 nitrogen and oxygen atoms in total. The summed E-state index contributed by atoms with van der Waals surface area (Å²) in [4.78, 5) is 0. The predicted molar refractivity (Wildman–Crippen MR) is 82.4 cm³/mol. The van der Waals surface area contributed by atoms with Gasteiger partial charge in [0.05, 0.1) is 14.2 Å². The van der Waals surface area contributed by atoms with Gasteiger partial charge in [-0.05, 0) is 35.9 Å². The van der Waals surface area contributed by atoms with Gasteiger partial charge in [0.2, 0.25) is 0 Å². The fourth-order valence-electron chi connectivity index (χ4n) is 2.11. The summed E-state index contributed by atoms with van der Waals surface area (Å²) in [5, 5.41) is 3.32. The minimum absolute atomic E-state index is 0.831. The molecule has 0 heterocycles. The molecule has 0 amide bonds. The maximum atomic E-state index is 5.43. The molecule has 20 heavy (non-hydrogen) atoms. The Labute approximate surface area is 120 Å². The molecular weight excluding hydrogens is 250 g/mol. The van der Waals surface area contributed by atoms with Crippen molar-refractivity contribution in [3.63, 3.8) is 0 Å². The number of hydrogen-bond acceptors (Lipinski definition) is 3. The van der Waals surface area contributed by atoms with Gasteiger partial charge in [-0.15, -0.1) is 0 Å². The minimum Gasteiger partial charge on any atom is -0.497 e. The zero-order chi connectivity index (χ0) is 14.4. The highest BCUT2D eigenvalue weighted by atomic mass is 16.5. The highest BCUT2D eigenvalue weighted by Gasteiger charge is 2.07. The monoisotopic (exact) mass is 271 g/mol. The van der Waals surface area contributed by atoms with Crippen molar-refractivity contribution in [1.82, 2.24) is 5.32 Å². The average Bonchev–Trinajstić information content (AvgIpc) is 2.52. The Morgan fingerprint density at radius 2 is 1.70 bits per heavy atom. The first-order valence-electron chi connectivity index (χ1n) is 6.80. The van der Waals surface area contributed by atoms with Crippen LogP contribution in [0.25, 0.3) is 11.1 Å². The average molecular weight is 271 g/mol. The number of ether oxygens (including phenoxy) is 2. The zero-order valence-electron chi connectivity index (χ0n) is 12.3. The van der Waals surface area contributed by atoms with Gasteiger partial charge < -0.3 is 14.8 Å². The van der Waals surface area contributed by atoms with E-state index in [-0.39, 0.29) is 0 Å². The van der Waals surface area contributed by atoms with Gasteiger partial charge in [0, 0.05) is 12.1 Å². The number of hydrogen-bond donors (Lipinski definition) is 1. The Kier molecular flexibility index (Phi) is 5.02. The lowest BCUT2D eigenvalue weighted by molar-refractivity contribution is 0.404. The highest BCUT2D eigenvalue weighted by Crippen LogP contribution is 2.33. The first kappa shape index (κ1) is 14.4. The van der Waals surface area contributed by atoms with Crippen LogP contribution in [0, 0.1) is 0 Å². The van der Waals surface area contributed by atoms with E-state index in [1.807, 2.05) is 18.2 Å². The third-order valence-corrected chi connectivity index (χ3v) is 3.25. The van der Waals surface area contributed by atoms with E-state index < -0.39 is 0 Å². The van der Waals surface area contributed by atoms with Crippen molar-refractivity contribution >= 4 is 0 Å². The topological polar surface area (TPSA) is 30.5 Å². The van der Waals surface area contributed by atoms with Crippen molar-refractivity contribution < 1.29 is 9.47 Å². The number of nitrogens with one attached hydrogen (secondary N) is 1. The second-order valence-electron chi connectivity index (χ2n) is 4.54. The van der Waals surface area contributed by atoms with Gasteiger partial charge in [-0.2, -0.15) is 0 Å². The predicted octanol–water partition coefficient (Wildman–Crippen LogP) is 3.48. The third kappa shape index (κ3) is 3.31. The van der Waals surface area contributed by atoms with Gasteiger partial charge in [-0.3, -0.25) is 0 Å². The van der Waals surface area contributed by atoms with E-state index in [9.17, 15) is 0 Å². The molecule has 0 saturated heterocycles. The molecular formula is C17H21NO2. The summed E-state index contributed by atoms with van der Waals surface area (Å²) in [6, 6.07) is 14.3. The summed E-state index contributed by atoms with van der Waals surface area (Å²) < 4.78 is 10.7. The summed E-state index contributed by atoms with van der Waals surface area (Å²) in [6.07, 6.45) is 0. The fourth-order valence-corrected chi connectivity index (χ4v) is 2.11. The molecule has 0 radical (unpaired) electrons. The lowest BCUT2D eigenvalue weighted by Crippen LogP contribution is -2.11. The van der Waals surface area contributed by atoms with E-state index in [0.29, 0.717) is 0 Å². The Morgan fingerprint density at radius 1 is 0.950 bits per heavy atom. The molecule has 3 heteroatoms. The molecule has 0 aliphatic heterocycles. The van der Waals surface area contributed by atoms with Crippen molar-refractivity contribution in [3.05, 3.63) is 48.0 Å². The van der Waals surface area contributed by atoms with Crippen LogP contribution < -0.4 is 14.8 Å². The summed E-state index contributed by atoms with van der Waals surface area (Å²) >= 11 is 0. The van der Waals surface area contributed by atoms with Gasteiger partial charge in [0.1, 0.15) is 11.5 Å². The van der Waals surface area contributed by atoms with Crippen LogP contribution in [0.1, 0.15) is 12.5 Å². The maximum absolute atomic E-state index is 5.43. The molecule has 0 unspecified atom stereocenters. The normalized spacial score (nSPS) is 10.3. The van der Waals surface area contributed by atoms with E-state index in [1.54, 1.807) is 14.2 Å². The van der Waals surface area contributed by atoms with Gasteiger partial charge in [0.25, 0.3) is 0 Å². The molecule has 0 spiro atoms. The van der Waals surface area contributed by atoms with Crippen LogP contribution in [-0.4, -0.2) is 20.8 Å². The third-order valence-electron chi connectivity index (χ3n) is 3.25. The number of rotatable bonds is 6. The van der Waals surface area contributed by atoms with E-state index in [0.717, 1.165) is 35.7 Å². The first-order chi connectivity index (χ1) is 9.78. The number of benzene rings is 2. The van der Waals surface area contributed by atoms with Gasteiger partial charge >= 0.3 is 0 Å². The molecule has 0 fully saturated rings. The van der Waals surface area contributed by atoms with Gasteiger partial charge in [-0.1, -0.05) is 31.2 Å². The van der Waals surface area contributed by atoms with Crippen molar-refractivity contribution in [2.75, 3.05) is 20.8 Å². The quantitative estimate of drug-likeness (QED) is 0.872. The second-order valence-corrected chi connectivity index (χ2v) is 4.54. The first-order valence-corrected chi connectivity index (χ1v) is 6.80. The lowest BCUT2D eigenvalue weighted by atomic mass is 10.0. The van der Waals surface area contributed by atoms with Crippen LogP contribution in [0.5, 0.6) is 11.5 Å². The van der Waals surface area contributed by atoms with E-state index in [1.165, 1.54) is 5.56 Å². The summed E-state index contributed by atoms with van der Waals surface area (Å²) in [6.45, 7) is 3.98. The van der Waals surface area contributed by atoms with Crippen LogP contribution in [0.3, 0.4) is 0 Å². The zero-order valence-corrected chi connectivity index (χ0v) is 12.3. The maximum Gasteiger partial charge on any atom is 0.126 e. The lowest BCUT2D eigenvalue weighted by Gasteiger charge is -2.11. The Balaban J connectivity index is 2.30. The van der Waals surface area contributed by atoms with E-state index >= 15 is 0 Å². The molecule has 2 aromatic rings. The van der Waals surface area contributed by atoms with E-state index in [4.69, 9.17) is 9.47 Å². The SMILES string of the molecule is CCNCc1ccc(-c2cc(OC)ccc2OC)cc1. The molecule has 0 bridgehead atoms. The van der Waals surface area contributed by atoms with Gasteiger partial charge in [0.15, 0.2) is 0 Å². The van der Waals surface area contributed by atoms with E-state index in [2.05, 4.69) is 36.5 Å². The molecule has 1 N–H and O–H groups in total. The van der Waals surface area contributed by atoms with Crippen molar-refractivity contribution in [2.24, 2.45) is 0 Å². The van der Waals surface area contributed by atoms with Crippen LogP contribution in [0.2, 0.25) is 0 Å². The molecule has 0 atom stereocenters. The fraction of sp³-hybridized carbons (Fsp3) is 0.294. The van der Waals surface area contributed by atoms with Gasteiger partial charge in [-0.25, -0.2) is 0 Å². The van der Waals surface area contributed by atoms with Crippen molar-refractivity contribution in [1.29, 1.82) is 0 Å². The van der Waals surface area contributed by atoms with Crippen molar-refractivity contribution in [3.8, 4) is 22.6 Å². The van der Waals surface area contributed by atoms with Crippen LogP contribution >= 0.6 is 0 Å². The second kappa shape index (κ2) is 6.96. The van der Waals surface area contributed by atoms with Crippen LogP contribution in [0.4, 0.5) is 0 Å². The standard InChI is InChI=1S/C17H21NO2/c1-4-18-12-13-5-7-14(8-6-13)16-11-15(19-2)9-10-17(16)20-3/h5-11,18H,4,12H2,1-3H3. The van der Waals surface area contributed by atoms with Crippen LogP contribution in [0.15, 0.2) is 42.5 Å². The highest BCUT2D eigenvalue weighted by molar-refractivity contribution is 5.72. The minimum atomic E-state index is 0.831. The van der Waals surface area contributed by atoms with Crippen LogP contribution in [-0.2, 0) is 6.54 Å². The molecule has 0 aromatic heterocycles. The molecule has 0 aliphatic carbocycles. The molecule has 2 rings (SSSR count). The summed E-state index contributed by atoms with van der Waals surface area (Å²) in [5.41, 5.74) is 3.44. The summed E-state index contributed by atoms with van der Waals surface area (Å²) in [5.74, 6) is 1.68. The number of methoxy groups -OCH3 is 2. The Morgan fingerprint density at radius 3 is 2.30 bits per heavy atom. The smallest absolute Gasteiger partial charge is 0.126 e. The Hall–Kier alpha value is -2.00. The molecule has 0 aliphatic rings.